The van der Waals surface area contributed by atoms with E-state index in [-0.39, 0.29) is 17.3 Å². The third-order valence-corrected chi connectivity index (χ3v) is 3.12. The minimum absolute atomic E-state index is 0.0448. The third kappa shape index (κ3) is 3.13. The number of ether oxygens (including phenoxy) is 1. The van der Waals surface area contributed by atoms with E-state index in [1.807, 2.05) is 0 Å². The third-order valence-electron chi connectivity index (χ3n) is 3.12. The van der Waals surface area contributed by atoms with Crippen molar-refractivity contribution >= 4 is 23.6 Å². The molecule has 0 aliphatic carbocycles. The summed E-state index contributed by atoms with van der Waals surface area (Å²) in [6, 6.07) is 11.1. The van der Waals surface area contributed by atoms with Gasteiger partial charge in [-0.15, -0.1) is 0 Å². The first-order valence-corrected chi connectivity index (χ1v) is 6.56. The molecule has 0 radical (unpaired) electrons. The number of cyclic esters (lactones) is 1. The minimum atomic E-state index is -0.636. The van der Waals surface area contributed by atoms with Gasteiger partial charge in [-0.05, 0) is 48.0 Å². The fraction of sp³-hybridized carbons (Fsp3) is 0. The molecule has 3 rings (SSSR count). The molecule has 0 saturated carbocycles. The number of nitro groups is 1. The summed E-state index contributed by atoms with van der Waals surface area (Å²) in [4.78, 5) is 26.0. The number of benzene rings is 2. The summed E-state index contributed by atoms with van der Waals surface area (Å²) in [5.74, 6) is -0.953. The Bertz CT molecular complexity index is 839. The van der Waals surface area contributed by atoms with Crippen molar-refractivity contribution in [2.24, 2.45) is 4.99 Å². The topological polar surface area (TPSA) is 81.8 Å². The van der Waals surface area contributed by atoms with Gasteiger partial charge in [-0.2, -0.15) is 0 Å². The van der Waals surface area contributed by atoms with Crippen molar-refractivity contribution in [1.82, 2.24) is 0 Å². The molecule has 2 aromatic carbocycles. The van der Waals surface area contributed by atoms with Crippen LogP contribution in [0, 0.1) is 15.9 Å². The van der Waals surface area contributed by atoms with E-state index in [9.17, 15) is 19.3 Å². The normalized spacial score (nSPS) is 15.4. The second-order valence-electron chi connectivity index (χ2n) is 4.69. The summed E-state index contributed by atoms with van der Waals surface area (Å²) in [6.45, 7) is 0. The Labute approximate surface area is 129 Å². The van der Waals surface area contributed by atoms with Gasteiger partial charge in [0.25, 0.3) is 5.69 Å². The summed E-state index contributed by atoms with van der Waals surface area (Å²) >= 11 is 0. The maximum atomic E-state index is 12.9. The van der Waals surface area contributed by atoms with E-state index in [2.05, 4.69) is 4.99 Å². The first-order chi connectivity index (χ1) is 11.0. The Balaban J connectivity index is 1.88. The Hall–Kier alpha value is -3.35. The van der Waals surface area contributed by atoms with E-state index in [1.54, 1.807) is 0 Å². The van der Waals surface area contributed by atoms with Gasteiger partial charge in [-0.1, -0.05) is 0 Å². The van der Waals surface area contributed by atoms with Crippen LogP contribution >= 0.6 is 0 Å². The van der Waals surface area contributed by atoms with Gasteiger partial charge in [-0.3, -0.25) is 10.1 Å². The highest BCUT2D eigenvalue weighted by atomic mass is 19.1. The lowest BCUT2D eigenvalue weighted by molar-refractivity contribution is -0.384. The maximum absolute atomic E-state index is 12.9. The van der Waals surface area contributed by atoms with Gasteiger partial charge >= 0.3 is 5.97 Å². The summed E-state index contributed by atoms with van der Waals surface area (Å²) in [7, 11) is 0. The van der Waals surface area contributed by atoms with Crippen LogP contribution < -0.4 is 0 Å². The number of carbonyl (C=O) groups excluding carboxylic acids is 1. The largest absolute Gasteiger partial charge is 0.402 e. The Morgan fingerprint density at radius 1 is 1.09 bits per heavy atom. The number of rotatable bonds is 3. The first kappa shape index (κ1) is 14.6. The predicted molar refractivity (Wildman–Crippen MR) is 80.1 cm³/mol. The zero-order valence-electron chi connectivity index (χ0n) is 11.6. The molecule has 1 heterocycles. The number of hydrogen-bond donors (Lipinski definition) is 0. The van der Waals surface area contributed by atoms with Crippen molar-refractivity contribution in [1.29, 1.82) is 0 Å². The van der Waals surface area contributed by atoms with Crippen LogP contribution in [0.4, 0.5) is 10.1 Å². The van der Waals surface area contributed by atoms with Gasteiger partial charge < -0.3 is 4.74 Å². The maximum Gasteiger partial charge on any atom is 0.363 e. The number of hydrogen-bond acceptors (Lipinski definition) is 5. The Kier molecular flexibility index (Phi) is 3.68. The number of non-ortho nitro benzene ring substituents is 1. The van der Waals surface area contributed by atoms with Crippen LogP contribution in [-0.2, 0) is 9.53 Å². The lowest BCUT2D eigenvalue weighted by Gasteiger charge is -1.98. The molecule has 1 aliphatic rings. The van der Waals surface area contributed by atoms with Crippen molar-refractivity contribution in [2.45, 2.75) is 0 Å². The van der Waals surface area contributed by atoms with Crippen molar-refractivity contribution < 1.29 is 18.8 Å². The molecule has 0 saturated heterocycles. The molecule has 0 aromatic heterocycles. The minimum Gasteiger partial charge on any atom is -0.402 e. The summed E-state index contributed by atoms with van der Waals surface area (Å²) < 4.78 is 17.9. The number of aliphatic imine (C=N–C) groups is 1. The molecule has 0 bridgehead atoms. The Morgan fingerprint density at radius 2 is 1.74 bits per heavy atom. The number of halogens is 1. The molecular formula is C16H9FN2O4. The fourth-order valence-electron chi connectivity index (χ4n) is 1.98. The van der Waals surface area contributed by atoms with Crippen molar-refractivity contribution in [2.75, 3.05) is 0 Å². The highest BCUT2D eigenvalue weighted by molar-refractivity contribution is 6.12. The highest BCUT2D eigenvalue weighted by Crippen LogP contribution is 2.20. The summed E-state index contributed by atoms with van der Waals surface area (Å²) in [5, 5.41) is 10.6. The van der Waals surface area contributed by atoms with Gasteiger partial charge in [-0.25, -0.2) is 14.2 Å². The van der Waals surface area contributed by atoms with Crippen LogP contribution in [0.2, 0.25) is 0 Å². The molecular weight excluding hydrogens is 303 g/mol. The molecule has 7 heteroatoms. The van der Waals surface area contributed by atoms with Crippen LogP contribution in [0.1, 0.15) is 11.1 Å². The monoisotopic (exact) mass is 312 g/mol. The molecule has 114 valence electrons. The lowest BCUT2D eigenvalue weighted by Crippen LogP contribution is -2.05. The van der Waals surface area contributed by atoms with Gasteiger partial charge in [0.2, 0.25) is 5.90 Å². The fourth-order valence-corrected chi connectivity index (χ4v) is 1.98. The van der Waals surface area contributed by atoms with Crippen LogP contribution in [-0.4, -0.2) is 16.8 Å². The standard InChI is InChI=1S/C16H9FN2O4/c17-12-5-3-11(4-6-12)15-18-14(16(20)23-15)9-10-1-7-13(8-2-10)19(21)22/h1-9H/b14-9-. The second-order valence-corrected chi connectivity index (χ2v) is 4.69. The quantitative estimate of drug-likeness (QED) is 0.377. The van der Waals surface area contributed by atoms with Crippen LogP contribution in [0.15, 0.2) is 59.2 Å². The summed E-state index contributed by atoms with van der Waals surface area (Å²) in [6.07, 6.45) is 1.46. The molecule has 1 aliphatic heterocycles. The van der Waals surface area contributed by atoms with Gasteiger partial charge in [0.1, 0.15) is 5.82 Å². The number of nitrogens with zero attached hydrogens (tertiary/aromatic N) is 2. The van der Waals surface area contributed by atoms with Crippen molar-refractivity contribution in [3.05, 3.63) is 81.3 Å². The predicted octanol–water partition coefficient (Wildman–Crippen LogP) is 3.08. The van der Waals surface area contributed by atoms with Crippen LogP contribution in [0.5, 0.6) is 0 Å². The molecule has 6 nitrogen and oxygen atoms in total. The van der Waals surface area contributed by atoms with E-state index in [4.69, 9.17) is 4.74 Å². The van der Waals surface area contributed by atoms with Gasteiger partial charge in [0.05, 0.1) is 4.92 Å². The smallest absolute Gasteiger partial charge is 0.363 e. The van der Waals surface area contributed by atoms with Crippen LogP contribution in [0.25, 0.3) is 6.08 Å². The number of esters is 1. The average Bonchev–Trinajstić information content (AvgIpc) is 2.89. The zero-order valence-corrected chi connectivity index (χ0v) is 11.6. The molecule has 0 spiro atoms. The van der Waals surface area contributed by atoms with Gasteiger partial charge in [0.15, 0.2) is 5.70 Å². The van der Waals surface area contributed by atoms with Crippen molar-refractivity contribution in [3.63, 3.8) is 0 Å². The Morgan fingerprint density at radius 3 is 2.35 bits per heavy atom. The molecule has 0 fully saturated rings. The second kappa shape index (κ2) is 5.80. The molecule has 2 aromatic rings. The molecule has 23 heavy (non-hydrogen) atoms. The number of carbonyl (C=O) groups is 1. The molecule has 0 unspecified atom stereocenters. The molecule has 0 atom stereocenters. The summed E-state index contributed by atoms with van der Waals surface area (Å²) in [5.41, 5.74) is 1.08. The van der Waals surface area contributed by atoms with Crippen molar-refractivity contribution in [3.8, 4) is 0 Å². The van der Waals surface area contributed by atoms with E-state index < -0.39 is 16.7 Å². The SMILES string of the molecule is O=C1OC(c2ccc(F)cc2)=N/C1=C\c1ccc([N+](=O)[O-])cc1. The zero-order chi connectivity index (χ0) is 16.4. The van der Waals surface area contributed by atoms with E-state index in [1.165, 1.54) is 54.6 Å². The molecule has 0 N–H and O–H groups in total. The number of nitro benzene ring substituents is 1. The lowest BCUT2D eigenvalue weighted by atomic mass is 10.2. The molecule has 0 amide bonds. The highest BCUT2D eigenvalue weighted by Gasteiger charge is 2.24. The van der Waals surface area contributed by atoms with E-state index >= 15 is 0 Å². The van der Waals surface area contributed by atoms with Gasteiger partial charge in [0, 0.05) is 17.7 Å². The van der Waals surface area contributed by atoms with Crippen LogP contribution in [0.3, 0.4) is 0 Å². The first-order valence-electron chi connectivity index (χ1n) is 6.56. The van der Waals surface area contributed by atoms with E-state index in [0.29, 0.717) is 11.1 Å². The average molecular weight is 312 g/mol. The van der Waals surface area contributed by atoms with E-state index in [0.717, 1.165) is 0 Å².